The van der Waals surface area contributed by atoms with Crippen LogP contribution in [0.5, 0.6) is 5.75 Å². The first-order valence-corrected chi connectivity index (χ1v) is 16.4. The molecule has 2 aliphatic rings. The molecule has 0 spiro atoms. The Kier molecular flexibility index (Phi) is 14.0. The van der Waals surface area contributed by atoms with Crippen LogP contribution in [0.15, 0.2) is 18.2 Å². The average Bonchev–Trinajstić information content (AvgIpc) is 2.98. The third-order valence-corrected chi connectivity index (χ3v) is 8.46. The average molecular weight is 618 g/mol. The van der Waals surface area contributed by atoms with Gasteiger partial charge in [0.1, 0.15) is 5.75 Å². The van der Waals surface area contributed by atoms with E-state index in [-0.39, 0.29) is 54.8 Å². The van der Waals surface area contributed by atoms with E-state index in [2.05, 4.69) is 16.0 Å². The molecular formula is C33H55N5O6. The van der Waals surface area contributed by atoms with Crippen molar-refractivity contribution in [3.8, 4) is 5.75 Å². The number of nitrogens with one attached hydrogen (secondary N) is 3. The molecule has 1 aliphatic heterocycles. The number of rotatable bonds is 7. The van der Waals surface area contributed by atoms with Crippen molar-refractivity contribution in [1.82, 2.24) is 20.4 Å². The number of hydrogen-bond donors (Lipinski definition) is 4. The molecule has 0 unspecified atom stereocenters. The molecule has 248 valence electrons. The molecule has 5 amide bonds. The zero-order chi connectivity index (χ0) is 32.2. The second-order valence-electron chi connectivity index (χ2n) is 12.9. The lowest BCUT2D eigenvalue weighted by atomic mass is 9.96. The monoisotopic (exact) mass is 617 g/mol. The zero-order valence-corrected chi connectivity index (χ0v) is 27.6. The summed E-state index contributed by atoms with van der Waals surface area (Å²) in [5, 5.41) is 18.9. The van der Waals surface area contributed by atoms with Crippen molar-refractivity contribution < 1.29 is 29.0 Å². The Hall–Kier alpha value is -3.05. The number of fused-ring (bicyclic) bond motifs is 1. The zero-order valence-electron chi connectivity index (χ0n) is 27.6. The molecule has 1 aromatic rings. The van der Waals surface area contributed by atoms with Crippen LogP contribution in [0.1, 0.15) is 96.3 Å². The van der Waals surface area contributed by atoms with E-state index in [0.29, 0.717) is 36.7 Å². The predicted molar refractivity (Wildman–Crippen MR) is 172 cm³/mol. The van der Waals surface area contributed by atoms with Gasteiger partial charge in [0.05, 0.1) is 30.4 Å². The van der Waals surface area contributed by atoms with Gasteiger partial charge in [0, 0.05) is 50.4 Å². The summed E-state index contributed by atoms with van der Waals surface area (Å²) in [7, 11) is 1.79. The number of hydrogen-bond acceptors (Lipinski definition) is 6. The van der Waals surface area contributed by atoms with Gasteiger partial charge in [-0.1, -0.05) is 26.2 Å². The van der Waals surface area contributed by atoms with Crippen LogP contribution in [0.2, 0.25) is 0 Å². The molecule has 0 radical (unpaired) electrons. The molecule has 1 aliphatic carbocycles. The third-order valence-electron chi connectivity index (χ3n) is 8.46. The number of likely N-dealkylation sites (N-methyl/N-ethyl adjacent to an activating group) is 1. The highest BCUT2D eigenvalue weighted by Crippen LogP contribution is 2.28. The van der Waals surface area contributed by atoms with E-state index in [1.165, 1.54) is 6.42 Å². The summed E-state index contributed by atoms with van der Waals surface area (Å²) in [4.78, 5) is 43.0. The first-order chi connectivity index (χ1) is 21.0. The molecule has 1 saturated carbocycles. The van der Waals surface area contributed by atoms with Crippen LogP contribution in [0.25, 0.3) is 0 Å². The lowest BCUT2D eigenvalue weighted by Crippen LogP contribution is -2.50. The number of carbonyl (C=O) groups excluding carboxylic acids is 3. The van der Waals surface area contributed by atoms with Crippen LogP contribution in [0.3, 0.4) is 0 Å². The fraction of sp³-hybridized carbons (Fsp3) is 0.727. The number of amides is 5. The number of urea groups is 2. The van der Waals surface area contributed by atoms with Gasteiger partial charge in [-0.25, -0.2) is 9.59 Å². The van der Waals surface area contributed by atoms with Gasteiger partial charge in [0.2, 0.25) is 0 Å². The van der Waals surface area contributed by atoms with Crippen LogP contribution in [0.4, 0.5) is 15.3 Å². The normalized spacial score (nSPS) is 23.1. The molecule has 4 atom stereocenters. The maximum Gasteiger partial charge on any atom is 0.319 e. The van der Waals surface area contributed by atoms with Gasteiger partial charge in [-0.05, 0) is 78.0 Å². The Bertz CT molecular complexity index is 1080. The molecule has 3 rings (SSSR count). The van der Waals surface area contributed by atoms with Crippen molar-refractivity contribution in [3.05, 3.63) is 23.8 Å². The third kappa shape index (κ3) is 10.8. The van der Waals surface area contributed by atoms with E-state index in [1.807, 2.05) is 27.7 Å². The smallest absolute Gasteiger partial charge is 0.319 e. The minimum Gasteiger partial charge on any atom is -0.490 e. The topological polar surface area (TPSA) is 132 Å². The Morgan fingerprint density at radius 3 is 2.45 bits per heavy atom. The first-order valence-electron chi connectivity index (χ1n) is 16.4. The Labute approximate surface area is 263 Å². The molecule has 1 fully saturated rings. The lowest BCUT2D eigenvalue weighted by molar-refractivity contribution is -0.0123. The molecule has 11 nitrogen and oxygen atoms in total. The molecule has 0 aromatic heterocycles. The second-order valence-corrected chi connectivity index (χ2v) is 12.9. The quantitative estimate of drug-likeness (QED) is 0.341. The van der Waals surface area contributed by atoms with E-state index >= 15 is 0 Å². The van der Waals surface area contributed by atoms with Gasteiger partial charge in [-0.15, -0.1) is 0 Å². The Morgan fingerprint density at radius 2 is 1.77 bits per heavy atom. The van der Waals surface area contributed by atoms with Crippen LogP contribution in [-0.2, 0) is 4.74 Å². The van der Waals surface area contributed by atoms with E-state index in [9.17, 15) is 19.5 Å². The Morgan fingerprint density at radius 1 is 1.07 bits per heavy atom. The summed E-state index contributed by atoms with van der Waals surface area (Å²) in [6.07, 6.45) is 7.54. The van der Waals surface area contributed by atoms with Gasteiger partial charge < -0.3 is 40.3 Å². The highest BCUT2D eigenvalue weighted by molar-refractivity contribution is 5.99. The summed E-state index contributed by atoms with van der Waals surface area (Å²) in [5.74, 6) is -0.0287. The van der Waals surface area contributed by atoms with E-state index < -0.39 is 6.04 Å². The summed E-state index contributed by atoms with van der Waals surface area (Å²) < 4.78 is 12.6. The molecule has 1 aromatic carbocycles. The van der Waals surface area contributed by atoms with E-state index in [0.717, 1.165) is 44.9 Å². The van der Waals surface area contributed by atoms with Gasteiger partial charge in [0.15, 0.2) is 0 Å². The molecule has 0 bridgehead atoms. The molecule has 0 saturated heterocycles. The van der Waals surface area contributed by atoms with E-state index in [4.69, 9.17) is 9.47 Å². The van der Waals surface area contributed by atoms with Crippen molar-refractivity contribution >= 4 is 23.7 Å². The summed E-state index contributed by atoms with van der Waals surface area (Å²) in [5.41, 5.74) is 0.772. The largest absolute Gasteiger partial charge is 0.490 e. The number of ether oxygens (including phenoxy) is 2. The van der Waals surface area contributed by atoms with Crippen molar-refractivity contribution in [2.24, 2.45) is 5.92 Å². The summed E-state index contributed by atoms with van der Waals surface area (Å²) in [6, 6.07) is 4.28. The number of nitrogens with zero attached hydrogens (tertiary/aromatic N) is 2. The maximum atomic E-state index is 14.2. The van der Waals surface area contributed by atoms with Crippen LogP contribution in [-0.4, -0.2) is 96.6 Å². The fourth-order valence-electron chi connectivity index (χ4n) is 5.78. The van der Waals surface area contributed by atoms with Gasteiger partial charge in [-0.3, -0.25) is 4.79 Å². The molecule has 1 heterocycles. The highest BCUT2D eigenvalue weighted by atomic mass is 16.5. The fourth-order valence-corrected chi connectivity index (χ4v) is 5.78. The van der Waals surface area contributed by atoms with Crippen molar-refractivity contribution in [2.45, 2.75) is 116 Å². The van der Waals surface area contributed by atoms with Crippen LogP contribution in [0, 0.1) is 5.92 Å². The number of aliphatic hydroxyl groups excluding tert-OH is 1. The minimum absolute atomic E-state index is 0.0481. The predicted octanol–water partition coefficient (Wildman–Crippen LogP) is 4.99. The molecule has 44 heavy (non-hydrogen) atoms. The number of benzene rings is 1. The van der Waals surface area contributed by atoms with Crippen molar-refractivity contribution in [1.29, 1.82) is 0 Å². The number of aliphatic hydroxyl groups is 1. The van der Waals surface area contributed by atoms with Gasteiger partial charge in [0.25, 0.3) is 5.91 Å². The number of anilines is 1. The number of carbonyl (C=O) groups is 3. The summed E-state index contributed by atoms with van der Waals surface area (Å²) >= 11 is 0. The van der Waals surface area contributed by atoms with Gasteiger partial charge >= 0.3 is 12.1 Å². The van der Waals surface area contributed by atoms with Crippen molar-refractivity contribution in [2.75, 3.05) is 38.7 Å². The van der Waals surface area contributed by atoms with Crippen LogP contribution < -0.4 is 20.7 Å². The standard InChI is InChI=1S/C33H55N5O6/c1-22(2)34-32(41)35-27-15-16-29-28(18-27)31(40)38(24(4)21-39)19-23(3)30(43-17-11-10-12-25(5)44-29)20-37(6)33(42)36-26-13-8-7-9-14-26/h15-16,18,22-26,30,39H,7-14,17,19-21H2,1-6H3,(H,36,42)(H2,34,35,41)/t23-,24-,25+,30-/m0/s1. The van der Waals surface area contributed by atoms with Gasteiger partial charge in [-0.2, -0.15) is 0 Å². The SMILES string of the molecule is CC(C)NC(=O)Nc1ccc2c(c1)C(=O)N([C@@H](C)CO)C[C@H](C)[C@H](CN(C)C(=O)NC1CCCCC1)OCCCC[C@@H](C)O2. The first kappa shape index (κ1) is 35.4. The summed E-state index contributed by atoms with van der Waals surface area (Å²) in [6.45, 7) is 10.5. The Balaban J connectivity index is 1.86. The van der Waals surface area contributed by atoms with Crippen molar-refractivity contribution in [3.63, 3.8) is 0 Å². The van der Waals surface area contributed by atoms with E-state index in [1.54, 1.807) is 42.0 Å². The maximum absolute atomic E-state index is 14.2. The molecular weight excluding hydrogens is 562 g/mol. The minimum atomic E-state index is -0.489. The van der Waals surface area contributed by atoms with Crippen LogP contribution >= 0.6 is 0 Å². The highest BCUT2D eigenvalue weighted by Gasteiger charge is 2.31. The molecule has 11 heteroatoms. The lowest BCUT2D eigenvalue weighted by Gasteiger charge is -2.36. The molecule has 4 N–H and O–H groups in total. The second kappa shape index (κ2) is 17.4.